The fraction of sp³-hybridized carbons (Fsp3) is 0.200. The van der Waals surface area contributed by atoms with Crippen molar-refractivity contribution in [1.82, 2.24) is 0 Å². The number of anilines is 1. The van der Waals surface area contributed by atoms with Crippen molar-refractivity contribution in [3.8, 4) is 5.75 Å². The summed E-state index contributed by atoms with van der Waals surface area (Å²) in [6.45, 7) is 2.52. The minimum Gasteiger partial charge on any atom is -0.495 e. The molecule has 0 aromatic heterocycles. The van der Waals surface area contributed by atoms with Crippen LogP contribution in [0.4, 0.5) is 10.1 Å². The maximum absolute atomic E-state index is 13.0. The lowest BCUT2D eigenvalue weighted by molar-refractivity contribution is 0.416. The van der Waals surface area contributed by atoms with E-state index in [0.717, 1.165) is 27.0 Å². The van der Waals surface area contributed by atoms with Crippen molar-refractivity contribution >= 4 is 21.6 Å². The van der Waals surface area contributed by atoms with Gasteiger partial charge in [-0.3, -0.25) is 0 Å². The summed E-state index contributed by atoms with van der Waals surface area (Å²) in [6, 6.07) is 10.6. The smallest absolute Gasteiger partial charge is 0.142 e. The Bertz CT molecular complexity index is 586. The second-order valence-corrected chi connectivity index (χ2v) is 5.18. The lowest BCUT2D eigenvalue weighted by atomic mass is 10.1. The summed E-state index contributed by atoms with van der Waals surface area (Å²) in [5.41, 5.74) is 2.89. The Kier molecular flexibility index (Phi) is 4.43. The lowest BCUT2D eigenvalue weighted by Gasteiger charge is -2.13. The summed E-state index contributed by atoms with van der Waals surface area (Å²) in [7, 11) is 1.64. The molecule has 19 heavy (non-hydrogen) atoms. The van der Waals surface area contributed by atoms with Crippen molar-refractivity contribution in [2.45, 2.75) is 13.5 Å². The van der Waals surface area contributed by atoms with Gasteiger partial charge in [0.1, 0.15) is 11.6 Å². The van der Waals surface area contributed by atoms with Gasteiger partial charge in [0.15, 0.2) is 0 Å². The van der Waals surface area contributed by atoms with Crippen LogP contribution >= 0.6 is 15.9 Å². The van der Waals surface area contributed by atoms with Gasteiger partial charge in [-0.25, -0.2) is 4.39 Å². The standard InChI is InChI=1S/C15H15BrFNO/c1-10-7-13(17)5-3-11(10)9-18-14-8-12(16)4-6-15(14)19-2/h3-8,18H,9H2,1-2H3. The monoisotopic (exact) mass is 323 g/mol. The topological polar surface area (TPSA) is 21.3 Å². The van der Waals surface area contributed by atoms with Crippen LogP contribution in [-0.4, -0.2) is 7.11 Å². The summed E-state index contributed by atoms with van der Waals surface area (Å²) in [5, 5.41) is 3.30. The molecule has 0 atom stereocenters. The number of benzene rings is 2. The van der Waals surface area contributed by atoms with Crippen molar-refractivity contribution < 1.29 is 9.13 Å². The first-order valence-corrected chi connectivity index (χ1v) is 6.72. The first-order chi connectivity index (χ1) is 9.10. The molecule has 0 aliphatic heterocycles. The number of hydrogen-bond acceptors (Lipinski definition) is 2. The van der Waals surface area contributed by atoms with E-state index in [1.165, 1.54) is 12.1 Å². The first kappa shape index (κ1) is 13.9. The SMILES string of the molecule is COc1ccc(Br)cc1NCc1ccc(F)cc1C. The van der Waals surface area contributed by atoms with Crippen LogP contribution in [0, 0.1) is 12.7 Å². The highest BCUT2D eigenvalue weighted by Crippen LogP contribution is 2.28. The molecule has 1 N–H and O–H groups in total. The fourth-order valence-corrected chi connectivity index (χ4v) is 2.23. The maximum atomic E-state index is 13.0. The molecule has 0 aliphatic carbocycles. The third-order valence-corrected chi connectivity index (χ3v) is 3.43. The van der Waals surface area contributed by atoms with Crippen LogP contribution in [0.3, 0.4) is 0 Å². The molecular formula is C15H15BrFNO. The molecule has 0 saturated heterocycles. The Hall–Kier alpha value is -1.55. The summed E-state index contributed by atoms with van der Waals surface area (Å²) in [4.78, 5) is 0. The number of nitrogens with one attached hydrogen (secondary N) is 1. The first-order valence-electron chi connectivity index (χ1n) is 5.92. The quantitative estimate of drug-likeness (QED) is 0.893. The molecule has 2 rings (SSSR count). The number of aryl methyl sites for hydroxylation is 1. The molecule has 0 saturated carbocycles. The Balaban J connectivity index is 2.16. The van der Waals surface area contributed by atoms with Crippen LogP contribution in [0.25, 0.3) is 0 Å². The molecule has 0 bridgehead atoms. The molecule has 0 amide bonds. The van der Waals surface area contributed by atoms with Crippen molar-refractivity contribution in [3.05, 3.63) is 57.8 Å². The molecule has 0 unspecified atom stereocenters. The van der Waals surface area contributed by atoms with Crippen LogP contribution in [0.15, 0.2) is 40.9 Å². The van der Waals surface area contributed by atoms with Gasteiger partial charge in [-0.2, -0.15) is 0 Å². The van der Waals surface area contributed by atoms with E-state index in [-0.39, 0.29) is 5.82 Å². The second kappa shape index (κ2) is 6.06. The number of ether oxygens (including phenoxy) is 1. The molecular weight excluding hydrogens is 309 g/mol. The van der Waals surface area contributed by atoms with Gasteiger partial charge in [-0.05, 0) is 48.4 Å². The molecule has 0 aliphatic rings. The van der Waals surface area contributed by atoms with Gasteiger partial charge in [-0.15, -0.1) is 0 Å². The molecule has 4 heteroatoms. The predicted molar refractivity (Wildman–Crippen MR) is 79.2 cm³/mol. The summed E-state index contributed by atoms with van der Waals surface area (Å²) < 4.78 is 19.3. The van der Waals surface area contributed by atoms with Gasteiger partial charge in [-0.1, -0.05) is 22.0 Å². The summed E-state index contributed by atoms with van der Waals surface area (Å²) in [5.74, 6) is 0.573. The fourth-order valence-electron chi connectivity index (χ4n) is 1.87. The van der Waals surface area contributed by atoms with Gasteiger partial charge >= 0.3 is 0 Å². The molecule has 0 fully saturated rings. The zero-order valence-electron chi connectivity index (χ0n) is 10.8. The number of rotatable bonds is 4. The summed E-state index contributed by atoms with van der Waals surface area (Å²) in [6.07, 6.45) is 0. The Labute approximate surface area is 120 Å². The Morgan fingerprint density at radius 1 is 1.21 bits per heavy atom. The maximum Gasteiger partial charge on any atom is 0.142 e. The molecule has 0 heterocycles. The highest BCUT2D eigenvalue weighted by atomic mass is 79.9. The van der Waals surface area contributed by atoms with E-state index >= 15 is 0 Å². The molecule has 0 radical (unpaired) electrons. The van der Waals surface area contributed by atoms with Crippen LogP contribution in [0.1, 0.15) is 11.1 Å². The van der Waals surface area contributed by atoms with Gasteiger partial charge in [0.25, 0.3) is 0 Å². The van der Waals surface area contributed by atoms with Crippen LogP contribution in [0.2, 0.25) is 0 Å². The summed E-state index contributed by atoms with van der Waals surface area (Å²) >= 11 is 3.43. The predicted octanol–water partition coefficient (Wildman–Crippen LogP) is 4.52. The van der Waals surface area contributed by atoms with Crippen molar-refractivity contribution in [2.24, 2.45) is 0 Å². The zero-order chi connectivity index (χ0) is 13.8. The van der Waals surface area contributed by atoms with E-state index < -0.39 is 0 Å². The molecule has 100 valence electrons. The molecule has 2 nitrogen and oxygen atoms in total. The van der Waals surface area contributed by atoms with E-state index in [1.807, 2.05) is 25.1 Å². The van der Waals surface area contributed by atoms with Gasteiger partial charge in [0.05, 0.1) is 12.8 Å². The third kappa shape index (κ3) is 3.47. The van der Waals surface area contributed by atoms with E-state index in [0.29, 0.717) is 6.54 Å². The molecule has 0 spiro atoms. The molecule has 2 aromatic carbocycles. The van der Waals surface area contributed by atoms with Crippen LogP contribution < -0.4 is 10.1 Å². The highest BCUT2D eigenvalue weighted by Gasteiger charge is 2.05. The van der Waals surface area contributed by atoms with Crippen LogP contribution in [-0.2, 0) is 6.54 Å². The lowest BCUT2D eigenvalue weighted by Crippen LogP contribution is -2.03. The van der Waals surface area contributed by atoms with Crippen LogP contribution in [0.5, 0.6) is 5.75 Å². The van der Waals surface area contributed by atoms with Gasteiger partial charge in [0.2, 0.25) is 0 Å². The zero-order valence-corrected chi connectivity index (χ0v) is 12.4. The van der Waals surface area contributed by atoms with Gasteiger partial charge in [0, 0.05) is 11.0 Å². The van der Waals surface area contributed by atoms with Crippen molar-refractivity contribution in [3.63, 3.8) is 0 Å². The minimum absolute atomic E-state index is 0.207. The van der Waals surface area contributed by atoms with Crippen molar-refractivity contribution in [1.29, 1.82) is 0 Å². The normalized spacial score (nSPS) is 10.3. The second-order valence-electron chi connectivity index (χ2n) is 4.27. The van der Waals surface area contributed by atoms with Crippen molar-refractivity contribution in [2.75, 3.05) is 12.4 Å². The van der Waals surface area contributed by atoms with E-state index in [2.05, 4.69) is 21.2 Å². The third-order valence-electron chi connectivity index (χ3n) is 2.94. The van der Waals surface area contributed by atoms with E-state index in [9.17, 15) is 4.39 Å². The Morgan fingerprint density at radius 2 is 2.00 bits per heavy atom. The number of methoxy groups -OCH3 is 1. The Morgan fingerprint density at radius 3 is 2.68 bits per heavy atom. The average molecular weight is 324 g/mol. The largest absolute Gasteiger partial charge is 0.495 e. The molecule has 2 aromatic rings. The highest BCUT2D eigenvalue weighted by molar-refractivity contribution is 9.10. The van der Waals surface area contributed by atoms with Gasteiger partial charge < -0.3 is 10.1 Å². The van der Waals surface area contributed by atoms with E-state index in [4.69, 9.17) is 4.74 Å². The van der Waals surface area contributed by atoms with E-state index in [1.54, 1.807) is 13.2 Å². The minimum atomic E-state index is -0.207. The average Bonchev–Trinajstić information content (AvgIpc) is 2.38. The number of hydrogen-bond donors (Lipinski definition) is 1. The number of halogens is 2.